The van der Waals surface area contributed by atoms with Gasteiger partial charge >= 0.3 is 0 Å². The Balaban J connectivity index is 1.84. The number of amides is 1. The van der Waals surface area contributed by atoms with Gasteiger partial charge in [0.1, 0.15) is 24.7 Å². The van der Waals surface area contributed by atoms with E-state index in [1.54, 1.807) is 6.08 Å². The predicted molar refractivity (Wildman–Crippen MR) is 82.0 cm³/mol. The number of thiophene rings is 1. The van der Waals surface area contributed by atoms with Crippen LogP contribution in [0.4, 0.5) is 0 Å². The first-order valence-electron chi connectivity index (χ1n) is 7.06. The van der Waals surface area contributed by atoms with E-state index >= 15 is 0 Å². The fourth-order valence-corrected chi connectivity index (χ4v) is 3.03. The van der Waals surface area contributed by atoms with E-state index < -0.39 is 0 Å². The highest BCUT2D eigenvalue weighted by atomic mass is 32.1. The average molecular weight is 306 g/mol. The van der Waals surface area contributed by atoms with Gasteiger partial charge in [0.05, 0.1) is 26.3 Å². The zero-order valence-corrected chi connectivity index (χ0v) is 13.0. The van der Waals surface area contributed by atoms with Crippen molar-refractivity contribution in [3.05, 3.63) is 27.5 Å². The number of nitrogens with zero attached hydrogens (tertiary/aromatic N) is 1. The highest BCUT2D eigenvalue weighted by molar-refractivity contribution is 7.11. The Bertz CT molecular complexity index is 554. The topological polar surface area (TPSA) is 66.6 Å². The molecule has 1 aromatic rings. The molecule has 21 heavy (non-hydrogen) atoms. The number of rotatable bonds is 5. The third-order valence-electron chi connectivity index (χ3n) is 3.51. The second-order valence-corrected chi connectivity index (χ2v) is 5.95. The Morgan fingerprint density at radius 2 is 2.33 bits per heavy atom. The van der Waals surface area contributed by atoms with Crippen LogP contribution in [0, 0.1) is 18.3 Å². The summed E-state index contributed by atoms with van der Waals surface area (Å²) in [7, 11) is 0. The van der Waals surface area contributed by atoms with Crippen LogP contribution in [-0.4, -0.2) is 45.3 Å². The minimum atomic E-state index is -0.294. The first-order valence-corrected chi connectivity index (χ1v) is 7.94. The second kappa shape index (κ2) is 7.93. The van der Waals surface area contributed by atoms with Crippen LogP contribution in [0.3, 0.4) is 0 Å². The zero-order valence-electron chi connectivity index (χ0n) is 12.1. The summed E-state index contributed by atoms with van der Waals surface area (Å²) in [5.74, 6) is -0.294. The maximum atomic E-state index is 12.0. The molecule has 1 aliphatic rings. The largest absolute Gasteiger partial charge is 0.370 e. The molecular weight excluding hydrogens is 286 g/mol. The molecule has 0 aromatic carbocycles. The van der Waals surface area contributed by atoms with E-state index in [1.807, 2.05) is 24.4 Å². The van der Waals surface area contributed by atoms with Crippen LogP contribution in [0.25, 0.3) is 6.08 Å². The molecule has 2 rings (SSSR count). The van der Waals surface area contributed by atoms with Crippen molar-refractivity contribution in [2.45, 2.75) is 6.92 Å². The maximum Gasteiger partial charge on any atom is 0.262 e. The molecule has 0 bridgehead atoms. The number of nitrogens with one attached hydrogen (secondary N) is 2. The van der Waals surface area contributed by atoms with Crippen molar-refractivity contribution < 1.29 is 14.4 Å². The number of aryl methyl sites for hydroxylation is 1. The Labute approximate surface area is 128 Å². The van der Waals surface area contributed by atoms with Crippen molar-refractivity contribution in [3.8, 4) is 6.07 Å². The van der Waals surface area contributed by atoms with E-state index in [0.29, 0.717) is 6.54 Å². The first-order chi connectivity index (χ1) is 10.2. The molecule has 0 radical (unpaired) electrons. The second-order valence-electron chi connectivity index (χ2n) is 5.01. The molecule has 2 N–H and O–H groups in total. The standard InChI is InChI=1S/C15H19N3O2S/c1-12-2-9-21-14(12)10-13(11-16)15(19)17-3-4-18-5-7-20-8-6-18/h2,9-10H,3-8H2,1H3,(H,17,19)/p+1/b13-10-. The summed E-state index contributed by atoms with van der Waals surface area (Å²) >= 11 is 1.53. The van der Waals surface area contributed by atoms with Gasteiger partial charge in [0, 0.05) is 4.88 Å². The third kappa shape index (κ3) is 4.67. The number of carbonyl (C=O) groups excluding carboxylic acids is 1. The van der Waals surface area contributed by atoms with E-state index in [9.17, 15) is 4.79 Å². The summed E-state index contributed by atoms with van der Waals surface area (Å²) in [5.41, 5.74) is 1.25. The molecule has 0 saturated carbocycles. The van der Waals surface area contributed by atoms with Gasteiger partial charge < -0.3 is 15.0 Å². The Morgan fingerprint density at radius 1 is 1.57 bits per heavy atom. The average Bonchev–Trinajstić information content (AvgIpc) is 2.91. The highest BCUT2D eigenvalue weighted by Crippen LogP contribution is 2.18. The van der Waals surface area contributed by atoms with Crippen molar-refractivity contribution in [1.29, 1.82) is 5.26 Å². The highest BCUT2D eigenvalue weighted by Gasteiger charge is 2.15. The lowest BCUT2D eigenvalue weighted by Gasteiger charge is -2.23. The summed E-state index contributed by atoms with van der Waals surface area (Å²) < 4.78 is 5.29. The van der Waals surface area contributed by atoms with Gasteiger partial charge in [-0.25, -0.2) is 0 Å². The van der Waals surface area contributed by atoms with Crippen molar-refractivity contribution in [2.24, 2.45) is 0 Å². The molecule has 1 aromatic heterocycles. The minimum absolute atomic E-state index is 0.164. The summed E-state index contributed by atoms with van der Waals surface area (Å²) in [6, 6.07) is 3.96. The molecular formula is C15H20N3O2S+. The van der Waals surface area contributed by atoms with Crippen LogP contribution in [0.15, 0.2) is 17.0 Å². The fraction of sp³-hybridized carbons (Fsp3) is 0.467. The normalized spacial score (nSPS) is 16.5. The quantitative estimate of drug-likeness (QED) is 0.594. The Morgan fingerprint density at radius 3 is 2.95 bits per heavy atom. The van der Waals surface area contributed by atoms with Gasteiger partial charge in [-0.2, -0.15) is 5.26 Å². The molecule has 112 valence electrons. The first kappa shape index (κ1) is 15.7. The van der Waals surface area contributed by atoms with Crippen molar-refractivity contribution in [3.63, 3.8) is 0 Å². The van der Waals surface area contributed by atoms with Crippen LogP contribution in [0.1, 0.15) is 10.4 Å². The smallest absolute Gasteiger partial charge is 0.262 e. The van der Waals surface area contributed by atoms with Crippen LogP contribution in [0.2, 0.25) is 0 Å². The van der Waals surface area contributed by atoms with Gasteiger partial charge in [-0.3, -0.25) is 4.79 Å². The van der Waals surface area contributed by atoms with Crippen molar-refractivity contribution in [1.82, 2.24) is 5.32 Å². The molecule has 6 heteroatoms. The van der Waals surface area contributed by atoms with Gasteiger partial charge in [-0.05, 0) is 30.0 Å². The number of morpholine rings is 1. The number of hydrogen-bond acceptors (Lipinski definition) is 4. The van der Waals surface area contributed by atoms with Crippen LogP contribution in [-0.2, 0) is 9.53 Å². The minimum Gasteiger partial charge on any atom is -0.370 e. The number of quaternary nitrogens is 1. The van der Waals surface area contributed by atoms with Gasteiger partial charge in [-0.1, -0.05) is 0 Å². The van der Waals surface area contributed by atoms with Crippen LogP contribution < -0.4 is 10.2 Å². The number of nitriles is 1. The Kier molecular flexibility index (Phi) is 5.93. The Hall–Kier alpha value is -1.68. The number of hydrogen-bond donors (Lipinski definition) is 2. The fourth-order valence-electron chi connectivity index (χ4n) is 2.17. The van der Waals surface area contributed by atoms with Crippen LogP contribution >= 0.6 is 11.3 Å². The van der Waals surface area contributed by atoms with Gasteiger partial charge in [0.15, 0.2) is 0 Å². The molecule has 2 heterocycles. The summed E-state index contributed by atoms with van der Waals surface area (Å²) in [5, 5.41) is 13.9. The SMILES string of the molecule is Cc1ccsc1/C=C(/C#N)C(=O)NCC[NH+]1CCOCC1. The monoisotopic (exact) mass is 306 g/mol. The molecule has 0 spiro atoms. The van der Waals surface area contributed by atoms with Gasteiger partial charge in [0.2, 0.25) is 0 Å². The van der Waals surface area contributed by atoms with Crippen molar-refractivity contribution >= 4 is 23.3 Å². The lowest BCUT2D eigenvalue weighted by molar-refractivity contribution is -0.906. The maximum absolute atomic E-state index is 12.0. The molecule has 0 unspecified atom stereocenters. The van der Waals surface area contributed by atoms with Crippen molar-refractivity contribution in [2.75, 3.05) is 39.4 Å². The van der Waals surface area contributed by atoms with E-state index in [4.69, 9.17) is 10.00 Å². The number of carbonyl (C=O) groups is 1. The predicted octanol–water partition coefficient (Wildman–Crippen LogP) is -0.00520. The molecule has 0 atom stereocenters. The molecule has 1 saturated heterocycles. The summed E-state index contributed by atoms with van der Waals surface area (Å²) in [6.45, 7) is 6.93. The van der Waals surface area contributed by atoms with E-state index in [0.717, 1.165) is 43.3 Å². The molecule has 1 amide bonds. The number of ether oxygens (including phenoxy) is 1. The van der Waals surface area contributed by atoms with E-state index in [-0.39, 0.29) is 11.5 Å². The van der Waals surface area contributed by atoms with Gasteiger partial charge in [0.25, 0.3) is 5.91 Å². The summed E-state index contributed by atoms with van der Waals surface area (Å²) in [4.78, 5) is 14.4. The summed E-state index contributed by atoms with van der Waals surface area (Å²) in [6.07, 6.45) is 1.66. The van der Waals surface area contributed by atoms with E-state index in [1.165, 1.54) is 16.2 Å². The molecule has 0 aliphatic carbocycles. The molecule has 1 fully saturated rings. The zero-order chi connectivity index (χ0) is 15.1. The van der Waals surface area contributed by atoms with E-state index in [2.05, 4.69) is 5.32 Å². The van der Waals surface area contributed by atoms with Crippen LogP contribution in [0.5, 0.6) is 0 Å². The third-order valence-corrected chi connectivity index (χ3v) is 4.47. The molecule has 5 nitrogen and oxygen atoms in total. The molecule has 1 aliphatic heterocycles. The van der Waals surface area contributed by atoms with Gasteiger partial charge in [-0.15, -0.1) is 11.3 Å². The lowest BCUT2D eigenvalue weighted by Crippen LogP contribution is -3.14. The lowest BCUT2D eigenvalue weighted by atomic mass is 10.2.